The second kappa shape index (κ2) is 7.89. The Morgan fingerprint density at radius 1 is 0.967 bits per heavy atom. The summed E-state index contributed by atoms with van der Waals surface area (Å²) in [7, 11) is 0. The summed E-state index contributed by atoms with van der Waals surface area (Å²) in [5, 5.41) is 0. The topological polar surface area (TPSA) is 51.3 Å². The van der Waals surface area contributed by atoms with E-state index < -0.39 is 6.36 Å². The molecule has 4 nitrogen and oxygen atoms in total. The molecule has 7 heteroatoms. The molecule has 1 N–H and O–H groups in total. The lowest BCUT2D eigenvalue weighted by molar-refractivity contribution is -0.274. The number of H-pyrrole nitrogens is 1. The van der Waals surface area contributed by atoms with Crippen molar-refractivity contribution in [2.45, 2.75) is 39.0 Å². The van der Waals surface area contributed by atoms with E-state index in [2.05, 4.69) is 9.72 Å². The minimum atomic E-state index is -4.76. The molecule has 0 aliphatic heterocycles. The smallest absolute Gasteiger partial charge is 0.457 e. The second-order valence-corrected chi connectivity index (χ2v) is 7.27. The van der Waals surface area contributed by atoms with E-state index in [1.807, 2.05) is 6.92 Å². The number of fused-ring (bicyclic) bond motifs is 1. The fourth-order valence-electron chi connectivity index (χ4n) is 3.81. The number of aryl methyl sites for hydroxylation is 2. The summed E-state index contributed by atoms with van der Waals surface area (Å²) >= 11 is 0. The zero-order valence-electron chi connectivity index (χ0n) is 16.3. The van der Waals surface area contributed by atoms with E-state index in [1.165, 1.54) is 24.3 Å². The average molecular weight is 417 g/mol. The number of hydrogen-bond acceptors (Lipinski definition) is 3. The van der Waals surface area contributed by atoms with E-state index in [-0.39, 0.29) is 18.4 Å². The largest absolute Gasteiger partial charge is 0.573 e. The van der Waals surface area contributed by atoms with Crippen LogP contribution in [-0.4, -0.2) is 11.3 Å². The van der Waals surface area contributed by atoms with Gasteiger partial charge in [0, 0.05) is 30.0 Å². The first-order valence-electron chi connectivity index (χ1n) is 9.69. The van der Waals surface area contributed by atoms with Crippen LogP contribution in [0.15, 0.2) is 53.3 Å². The number of pyridine rings is 1. The van der Waals surface area contributed by atoms with Gasteiger partial charge in [0.15, 0.2) is 5.43 Å². The fourth-order valence-corrected chi connectivity index (χ4v) is 3.81. The van der Waals surface area contributed by atoms with Gasteiger partial charge in [-0.3, -0.25) is 4.79 Å². The summed E-state index contributed by atoms with van der Waals surface area (Å²) in [5.41, 5.74) is 4.20. The normalized spacial score (nSPS) is 13.6. The lowest BCUT2D eigenvalue weighted by Crippen LogP contribution is -2.21. The molecule has 1 aliphatic carbocycles. The summed E-state index contributed by atoms with van der Waals surface area (Å²) in [4.78, 5) is 16.4. The van der Waals surface area contributed by atoms with Gasteiger partial charge >= 0.3 is 6.36 Å². The third-order valence-electron chi connectivity index (χ3n) is 5.10. The van der Waals surface area contributed by atoms with Gasteiger partial charge in [-0.15, -0.1) is 13.2 Å². The number of hydrogen-bond donors (Lipinski definition) is 1. The molecular weight excluding hydrogens is 395 g/mol. The van der Waals surface area contributed by atoms with E-state index in [9.17, 15) is 18.0 Å². The Morgan fingerprint density at radius 3 is 2.40 bits per heavy atom. The number of ether oxygens (including phenoxy) is 2. The van der Waals surface area contributed by atoms with Crippen LogP contribution in [0.25, 0.3) is 11.1 Å². The minimum Gasteiger partial charge on any atom is -0.457 e. The first kappa shape index (κ1) is 20.1. The van der Waals surface area contributed by atoms with Gasteiger partial charge < -0.3 is 14.5 Å². The highest BCUT2D eigenvalue weighted by atomic mass is 19.4. The number of rotatable bonds is 4. The number of benzene rings is 2. The molecule has 158 valence electrons. The van der Waals surface area contributed by atoms with Crippen molar-refractivity contribution in [2.75, 3.05) is 0 Å². The van der Waals surface area contributed by atoms with Crippen molar-refractivity contribution in [3.8, 4) is 28.4 Å². The van der Waals surface area contributed by atoms with Crippen LogP contribution >= 0.6 is 0 Å². The van der Waals surface area contributed by atoms with Crippen LogP contribution in [0, 0.1) is 6.92 Å². The molecule has 0 amide bonds. The SMILES string of the molecule is Cc1[nH]c2c(c(=O)c1-c1ccc(Oc3cccc(OC(F)(F)F)c3)cc1)CCCC2.[HH]. The Balaban J connectivity index is 0.00000272. The van der Waals surface area contributed by atoms with Crippen LogP contribution in [0.2, 0.25) is 0 Å². The Labute approximate surface area is 172 Å². The summed E-state index contributed by atoms with van der Waals surface area (Å²) in [6, 6.07) is 12.2. The Kier molecular flexibility index (Phi) is 5.28. The molecule has 1 aromatic heterocycles. The molecule has 0 radical (unpaired) electrons. The molecule has 0 atom stereocenters. The van der Waals surface area contributed by atoms with E-state index in [0.29, 0.717) is 11.3 Å². The fraction of sp³-hybridized carbons (Fsp3) is 0.261. The summed E-state index contributed by atoms with van der Waals surface area (Å²) < 4.78 is 46.7. The molecule has 4 rings (SSSR count). The van der Waals surface area contributed by atoms with E-state index in [0.717, 1.165) is 48.2 Å². The van der Waals surface area contributed by atoms with Gasteiger partial charge in [0.05, 0.1) is 0 Å². The van der Waals surface area contributed by atoms with Crippen LogP contribution in [0.4, 0.5) is 13.2 Å². The average Bonchev–Trinajstić information content (AvgIpc) is 2.68. The minimum absolute atomic E-state index is 0. The van der Waals surface area contributed by atoms with E-state index >= 15 is 0 Å². The van der Waals surface area contributed by atoms with Crippen LogP contribution in [-0.2, 0) is 12.8 Å². The molecule has 1 aliphatic rings. The highest BCUT2D eigenvalue weighted by Crippen LogP contribution is 2.30. The number of alkyl halides is 3. The molecule has 3 aromatic rings. The molecule has 2 aromatic carbocycles. The predicted molar refractivity (Wildman–Crippen MR) is 109 cm³/mol. The third kappa shape index (κ3) is 4.35. The first-order chi connectivity index (χ1) is 14.3. The number of halogens is 3. The first-order valence-corrected chi connectivity index (χ1v) is 9.69. The summed E-state index contributed by atoms with van der Waals surface area (Å²) in [6.45, 7) is 1.89. The zero-order chi connectivity index (χ0) is 21.3. The van der Waals surface area contributed by atoms with Gasteiger partial charge in [0.25, 0.3) is 0 Å². The van der Waals surface area contributed by atoms with Crippen LogP contribution in [0.3, 0.4) is 0 Å². The third-order valence-corrected chi connectivity index (χ3v) is 5.10. The van der Waals surface area contributed by atoms with Crippen molar-refractivity contribution >= 4 is 0 Å². The molecule has 0 spiro atoms. The van der Waals surface area contributed by atoms with Gasteiger partial charge in [-0.1, -0.05) is 18.2 Å². The molecule has 0 saturated heterocycles. The standard InChI is InChI=1S/C23H20F3NO3.H2/c1-14-21(22(28)19-7-2-3-8-20(19)27-14)15-9-11-16(12-10-15)29-17-5-4-6-18(13-17)30-23(24,25)26;/h4-6,9-13H,2-3,7-8H2,1H3,(H,27,28);1H. The maximum atomic E-state index is 13.0. The van der Waals surface area contributed by atoms with Crippen molar-refractivity contribution in [1.29, 1.82) is 0 Å². The maximum Gasteiger partial charge on any atom is 0.573 e. The van der Waals surface area contributed by atoms with Crippen molar-refractivity contribution in [3.63, 3.8) is 0 Å². The van der Waals surface area contributed by atoms with Crippen molar-refractivity contribution in [1.82, 2.24) is 4.98 Å². The molecule has 0 bridgehead atoms. The molecule has 0 saturated carbocycles. The molecule has 1 heterocycles. The van der Waals surface area contributed by atoms with E-state index in [4.69, 9.17) is 4.74 Å². The quantitative estimate of drug-likeness (QED) is 0.553. The van der Waals surface area contributed by atoms with Gasteiger partial charge in [0.1, 0.15) is 17.2 Å². The highest BCUT2D eigenvalue weighted by Gasteiger charge is 2.31. The summed E-state index contributed by atoms with van der Waals surface area (Å²) in [6.07, 6.45) is -0.976. The van der Waals surface area contributed by atoms with E-state index in [1.54, 1.807) is 24.3 Å². The van der Waals surface area contributed by atoms with Gasteiger partial charge in [0.2, 0.25) is 0 Å². The van der Waals surface area contributed by atoms with Crippen molar-refractivity contribution in [3.05, 3.63) is 75.7 Å². The van der Waals surface area contributed by atoms with Gasteiger partial charge in [-0.05, 0) is 62.4 Å². The number of aromatic amines is 1. The molecule has 30 heavy (non-hydrogen) atoms. The number of nitrogens with one attached hydrogen (secondary N) is 1. The van der Waals surface area contributed by atoms with Crippen LogP contribution < -0.4 is 14.9 Å². The van der Waals surface area contributed by atoms with Crippen molar-refractivity contribution < 1.29 is 24.1 Å². The molecular formula is C23H22F3NO3. The van der Waals surface area contributed by atoms with Gasteiger partial charge in [-0.25, -0.2) is 0 Å². The van der Waals surface area contributed by atoms with Crippen molar-refractivity contribution in [2.24, 2.45) is 0 Å². The number of aromatic nitrogens is 1. The lowest BCUT2D eigenvalue weighted by atomic mass is 9.91. The van der Waals surface area contributed by atoms with Gasteiger partial charge in [-0.2, -0.15) is 0 Å². The Bertz CT molecular complexity index is 1120. The molecule has 0 fully saturated rings. The van der Waals surface area contributed by atoms with Crippen LogP contribution in [0.1, 0.15) is 31.2 Å². The Hall–Kier alpha value is -3.22. The molecule has 0 unspecified atom stereocenters. The maximum absolute atomic E-state index is 13.0. The van der Waals surface area contributed by atoms with Crippen LogP contribution in [0.5, 0.6) is 17.2 Å². The monoisotopic (exact) mass is 417 g/mol. The lowest BCUT2D eigenvalue weighted by Gasteiger charge is -2.18. The summed E-state index contributed by atoms with van der Waals surface area (Å²) in [5.74, 6) is 0.301. The Morgan fingerprint density at radius 2 is 1.67 bits per heavy atom. The zero-order valence-corrected chi connectivity index (χ0v) is 16.3. The highest BCUT2D eigenvalue weighted by molar-refractivity contribution is 5.67. The predicted octanol–water partition coefficient (Wildman–Crippen LogP) is 6.17. The second-order valence-electron chi connectivity index (χ2n) is 7.27.